The van der Waals surface area contributed by atoms with Gasteiger partial charge in [-0.15, -0.1) is 0 Å². The van der Waals surface area contributed by atoms with E-state index in [4.69, 9.17) is 0 Å². The highest BCUT2D eigenvalue weighted by molar-refractivity contribution is 8.00. The maximum absolute atomic E-state index is 13.4. The third-order valence-corrected chi connectivity index (χ3v) is 9.36. The summed E-state index contributed by atoms with van der Waals surface area (Å²) in [4.78, 5) is 3.76. The Labute approximate surface area is 161 Å². The van der Waals surface area contributed by atoms with E-state index in [1.54, 1.807) is 12.1 Å². The zero-order valence-electron chi connectivity index (χ0n) is 14.7. The molecule has 27 heavy (non-hydrogen) atoms. The summed E-state index contributed by atoms with van der Waals surface area (Å²) in [6.45, 7) is 2.06. The number of hydrogen-bond acceptors (Lipinski definition) is 2. The highest BCUT2D eigenvalue weighted by Gasteiger charge is 2.45. The van der Waals surface area contributed by atoms with Gasteiger partial charge in [-0.05, 0) is 48.0 Å². The predicted molar refractivity (Wildman–Crippen MR) is 109 cm³/mol. The van der Waals surface area contributed by atoms with Gasteiger partial charge in [-0.1, -0.05) is 54.1 Å². The Morgan fingerprint density at radius 1 is 0.667 bits per heavy atom. The molecule has 1 aliphatic heterocycles. The quantitative estimate of drug-likeness (QED) is 0.360. The summed E-state index contributed by atoms with van der Waals surface area (Å²) in [6, 6.07) is 27.7. The second-order valence-corrected chi connectivity index (χ2v) is 10.6. The number of sulfone groups is 1. The molecule has 1 aliphatic rings. The normalized spacial score (nSPS) is 17.3. The van der Waals surface area contributed by atoms with Crippen molar-refractivity contribution in [1.29, 1.82) is 0 Å². The maximum Gasteiger partial charge on any atom is 0.216 e. The summed E-state index contributed by atoms with van der Waals surface area (Å²) in [5.41, 5.74) is 1.19. The molecule has 132 valence electrons. The molecule has 4 aromatic carbocycles. The van der Waals surface area contributed by atoms with Crippen LogP contribution < -0.4 is 0 Å². The minimum Gasteiger partial charge on any atom is -0.218 e. The van der Waals surface area contributed by atoms with E-state index < -0.39 is 20.7 Å². The summed E-state index contributed by atoms with van der Waals surface area (Å²) in [7, 11) is -3.98. The minimum atomic E-state index is -3.53. The van der Waals surface area contributed by atoms with Gasteiger partial charge in [0.1, 0.15) is 20.7 Å². The lowest BCUT2D eigenvalue weighted by Crippen LogP contribution is -2.20. The Balaban J connectivity index is 1.90. The third kappa shape index (κ3) is 2.52. The topological polar surface area (TPSA) is 34.1 Å². The van der Waals surface area contributed by atoms with Crippen LogP contribution in [0.2, 0.25) is 0 Å². The average molecular weight is 390 g/mol. The summed E-state index contributed by atoms with van der Waals surface area (Å²) in [5.74, 6) is 0. The highest BCUT2D eigenvalue weighted by Crippen LogP contribution is 2.45. The molecule has 1 atom stereocenters. The smallest absolute Gasteiger partial charge is 0.216 e. The van der Waals surface area contributed by atoms with Crippen molar-refractivity contribution in [2.75, 3.05) is 0 Å². The first-order chi connectivity index (χ1) is 13.1. The molecule has 4 heteroatoms. The van der Waals surface area contributed by atoms with Gasteiger partial charge in [0.2, 0.25) is 9.84 Å². The lowest BCUT2D eigenvalue weighted by Gasteiger charge is -2.20. The Morgan fingerprint density at radius 2 is 1.30 bits per heavy atom. The SMILES string of the molecule is Cc1ccc([S+]2c3ccccc3S(=O)(=O)c3cc4ccccc4cc32)cc1. The van der Waals surface area contributed by atoms with Gasteiger partial charge >= 0.3 is 0 Å². The van der Waals surface area contributed by atoms with Crippen molar-refractivity contribution in [2.45, 2.75) is 31.4 Å². The van der Waals surface area contributed by atoms with Gasteiger partial charge in [0, 0.05) is 6.07 Å². The Hall–Kier alpha value is -2.56. The molecule has 5 rings (SSSR count). The molecule has 0 saturated carbocycles. The van der Waals surface area contributed by atoms with Crippen molar-refractivity contribution in [3.8, 4) is 0 Å². The van der Waals surface area contributed by atoms with E-state index in [-0.39, 0.29) is 0 Å². The van der Waals surface area contributed by atoms with Crippen LogP contribution in [0.5, 0.6) is 0 Å². The highest BCUT2D eigenvalue weighted by atomic mass is 32.2. The van der Waals surface area contributed by atoms with Crippen molar-refractivity contribution < 1.29 is 8.42 Å². The first-order valence-electron chi connectivity index (χ1n) is 8.73. The van der Waals surface area contributed by atoms with Crippen LogP contribution in [0, 0.1) is 6.92 Å². The Kier molecular flexibility index (Phi) is 3.67. The fourth-order valence-electron chi connectivity index (χ4n) is 3.57. The zero-order valence-corrected chi connectivity index (χ0v) is 16.3. The summed E-state index contributed by atoms with van der Waals surface area (Å²) >= 11 is 0. The van der Waals surface area contributed by atoms with Crippen molar-refractivity contribution in [3.05, 3.63) is 90.5 Å². The van der Waals surface area contributed by atoms with E-state index in [0.29, 0.717) is 9.79 Å². The van der Waals surface area contributed by atoms with Crippen LogP contribution in [-0.4, -0.2) is 8.42 Å². The van der Waals surface area contributed by atoms with Gasteiger partial charge in [0.05, 0.1) is 0 Å². The van der Waals surface area contributed by atoms with Crippen molar-refractivity contribution in [2.24, 2.45) is 0 Å². The number of hydrogen-bond donors (Lipinski definition) is 0. The molecule has 0 aromatic heterocycles. The number of rotatable bonds is 1. The fourth-order valence-corrected chi connectivity index (χ4v) is 8.31. The van der Waals surface area contributed by atoms with Crippen LogP contribution in [0.3, 0.4) is 0 Å². The molecular formula is C23H17O2S2+. The molecule has 0 saturated heterocycles. The van der Waals surface area contributed by atoms with Crippen molar-refractivity contribution in [1.82, 2.24) is 0 Å². The van der Waals surface area contributed by atoms with E-state index in [1.807, 2.05) is 42.5 Å². The van der Waals surface area contributed by atoms with Gasteiger partial charge in [-0.25, -0.2) is 8.42 Å². The monoisotopic (exact) mass is 389 g/mol. The average Bonchev–Trinajstić information content (AvgIpc) is 2.69. The fraction of sp³-hybridized carbons (Fsp3) is 0.0435. The van der Waals surface area contributed by atoms with E-state index in [9.17, 15) is 8.42 Å². The molecule has 0 amide bonds. The molecule has 0 N–H and O–H groups in total. The van der Waals surface area contributed by atoms with Crippen LogP contribution in [0.1, 0.15) is 5.56 Å². The number of fused-ring (bicyclic) bond motifs is 3. The zero-order chi connectivity index (χ0) is 18.6. The molecule has 4 aromatic rings. The molecule has 0 aliphatic carbocycles. The van der Waals surface area contributed by atoms with Crippen LogP contribution in [0.15, 0.2) is 109 Å². The van der Waals surface area contributed by atoms with E-state index >= 15 is 0 Å². The summed E-state index contributed by atoms with van der Waals surface area (Å²) in [5, 5.41) is 2.02. The lowest BCUT2D eigenvalue weighted by molar-refractivity contribution is 0.590. The van der Waals surface area contributed by atoms with Crippen LogP contribution in [0.25, 0.3) is 10.8 Å². The van der Waals surface area contributed by atoms with Gasteiger partial charge in [-0.2, -0.15) is 0 Å². The molecule has 0 bridgehead atoms. The van der Waals surface area contributed by atoms with E-state index in [1.165, 1.54) is 5.56 Å². The van der Waals surface area contributed by atoms with Crippen molar-refractivity contribution >= 4 is 31.5 Å². The number of benzene rings is 4. The minimum absolute atomic E-state index is 0.427. The largest absolute Gasteiger partial charge is 0.218 e. The molecule has 0 fully saturated rings. The standard InChI is InChI=1S/C23H17O2S2/c1-16-10-12-19(13-11-16)26-20-8-4-5-9-22(20)27(24,25)23-15-18-7-3-2-6-17(18)14-21(23)26/h2-15H,1H3/q+1. The van der Waals surface area contributed by atoms with Gasteiger partial charge in [0.15, 0.2) is 14.7 Å². The molecule has 2 nitrogen and oxygen atoms in total. The summed E-state index contributed by atoms with van der Waals surface area (Å²) in [6.07, 6.45) is 0. The Bertz CT molecular complexity index is 1290. The first-order valence-corrected chi connectivity index (χ1v) is 11.4. The summed E-state index contributed by atoms with van der Waals surface area (Å²) < 4.78 is 26.7. The molecular weight excluding hydrogens is 372 g/mol. The second-order valence-electron chi connectivity index (χ2n) is 6.72. The number of aryl methyl sites for hydroxylation is 1. The van der Waals surface area contributed by atoms with Gasteiger partial charge in [0.25, 0.3) is 0 Å². The second kappa shape index (κ2) is 5.98. The Morgan fingerprint density at radius 3 is 2.04 bits per heavy atom. The first kappa shape index (κ1) is 16.6. The molecule has 0 spiro atoms. The maximum atomic E-state index is 13.4. The van der Waals surface area contributed by atoms with Crippen molar-refractivity contribution in [3.63, 3.8) is 0 Å². The molecule has 1 heterocycles. The van der Waals surface area contributed by atoms with Gasteiger partial charge < -0.3 is 0 Å². The van der Waals surface area contributed by atoms with Crippen LogP contribution in [-0.2, 0) is 20.7 Å². The lowest BCUT2D eigenvalue weighted by atomic mass is 10.1. The molecule has 1 unspecified atom stereocenters. The van der Waals surface area contributed by atoms with Crippen LogP contribution >= 0.6 is 0 Å². The third-order valence-electron chi connectivity index (χ3n) is 4.94. The predicted octanol–water partition coefficient (Wildman–Crippen LogP) is 5.39. The molecule has 0 radical (unpaired) electrons. The van der Waals surface area contributed by atoms with Gasteiger partial charge in [-0.3, -0.25) is 0 Å². The van der Waals surface area contributed by atoms with E-state index in [2.05, 4.69) is 37.3 Å². The van der Waals surface area contributed by atoms with E-state index in [0.717, 1.165) is 25.5 Å². The van der Waals surface area contributed by atoms with Crippen LogP contribution in [0.4, 0.5) is 0 Å².